The lowest BCUT2D eigenvalue weighted by Crippen LogP contribution is -2.37. The van der Waals surface area contributed by atoms with E-state index in [-0.39, 0.29) is 16.7 Å². The van der Waals surface area contributed by atoms with Gasteiger partial charge in [-0.1, -0.05) is 17.7 Å². The average molecular weight is 430 g/mol. The van der Waals surface area contributed by atoms with Crippen LogP contribution in [0.5, 0.6) is 0 Å². The van der Waals surface area contributed by atoms with Crippen LogP contribution in [0.3, 0.4) is 0 Å². The molecule has 1 aliphatic rings. The summed E-state index contributed by atoms with van der Waals surface area (Å²) in [6.45, 7) is 2.28. The van der Waals surface area contributed by atoms with E-state index in [0.717, 1.165) is 0 Å². The first-order chi connectivity index (χ1) is 14.5. The molecule has 1 aliphatic heterocycles. The number of halogens is 2. The molecule has 0 radical (unpaired) electrons. The maximum atomic E-state index is 13.6. The Morgan fingerprint density at radius 1 is 1.20 bits per heavy atom. The van der Waals surface area contributed by atoms with Gasteiger partial charge in [0.2, 0.25) is 5.95 Å². The third-order valence-corrected chi connectivity index (χ3v) is 4.66. The van der Waals surface area contributed by atoms with Crippen LogP contribution in [-0.4, -0.2) is 52.3 Å². The van der Waals surface area contributed by atoms with E-state index >= 15 is 0 Å². The molecule has 0 amide bonds. The van der Waals surface area contributed by atoms with Crippen molar-refractivity contribution in [3.63, 3.8) is 0 Å². The second-order valence-corrected chi connectivity index (χ2v) is 6.96. The Kier molecular flexibility index (Phi) is 5.73. The van der Waals surface area contributed by atoms with Gasteiger partial charge in [-0.05, 0) is 30.3 Å². The monoisotopic (exact) mass is 429 g/mol. The number of rotatable bonds is 5. The minimum atomic E-state index is -1.12. The third-order valence-electron chi connectivity index (χ3n) is 4.44. The summed E-state index contributed by atoms with van der Waals surface area (Å²) in [5.41, 5.74) is 1.36. The normalized spacial score (nSPS) is 13.9. The Bertz CT molecular complexity index is 1070. The maximum absolute atomic E-state index is 13.6. The van der Waals surface area contributed by atoms with E-state index in [9.17, 15) is 14.3 Å². The van der Waals surface area contributed by atoms with Crippen LogP contribution in [0.25, 0.3) is 11.3 Å². The van der Waals surface area contributed by atoms with Crippen LogP contribution in [0.2, 0.25) is 5.02 Å². The number of nitrogens with zero attached hydrogens (tertiary/aromatic N) is 4. The first-order valence-corrected chi connectivity index (χ1v) is 9.51. The van der Waals surface area contributed by atoms with Crippen molar-refractivity contribution in [2.45, 2.75) is 0 Å². The molecule has 30 heavy (non-hydrogen) atoms. The standard InChI is InChI=1S/C20H17ClFN5O3/c21-12-8-13(22)10-14(9-12)24-20-23-11-15(16-2-1-3-17(25-16)19(28)29)18(26-20)27-4-6-30-7-5-27/h1-3,8-11H,4-7H2,(H,28,29)(H,23,24,26). The van der Waals surface area contributed by atoms with Crippen LogP contribution < -0.4 is 10.2 Å². The molecule has 10 heteroatoms. The van der Waals surface area contributed by atoms with E-state index in [2.05, 4.69) is 20.3 Å². The van der Waals surface area contributed by atoms with Crippen molar-refractivity contribution in [2.75, 3.05) is 36.5 Å². The molecule has 2 N–H and O–H groups in total. The largest absolute Gasteiger partial charge is 0.477 e. The van der Waals surface area contributed by atoms with Gasteiger partial charge in [-0.3, -0.25) is 0 Å². The fourth-order valence-electron chi connectivity index (χ4n) is 3.09. The topological polar surface area (TPSA) is 100 Å². The Labute approximate surface area is 176 Å². The van der Waals surface area contributed by atoms with Gasteiger partial charge in [0.15, 0.2) is 0 Å². The number of ether oxygens (including phenoxy) is 1. The number of carbonyl (C=O) groups is 1. The van der Waals surface area contributed by atoms with Crippen LogP contribution in [0.1, 0.15) is 10.5 Å². The van der Waals surface area contributed by atoms with Gasteiger partial charge >= 0.3 is 5.97 Å². The van der Waals surface area contributed by atoms with Gasteiger partial charge in [0, 0.05) is 30.0 Å². The molecule has 0 unspecified atom stereocenters. The summed E-state index contributed by atoms with van der Waals surface area (Å²) in [4.78, 5) is 26.4. The van der Waals surface area contributed by atoms with Gasteiger partial charge in [-0.25, -0.2) is 19.2 Å². The average Bonchev–Trinajstić information content (AvgIpc) is 2.74. The molecule has 0 saturated carbocycles. The molecule has 3 heterocycles. The number of pyridine rings is 1. The number of morpholine rings is 1. The number of benzene rings is 1. The van der Waals surface area contributed by atoms with Gasteiger partial charge in [-0.2, -0.15) is 4.98 Å². The zero-order valence-corrected chi connectivity index (χ0v) is 16.4. The summed E-state index contributed by atoms with van der Waals surface area (Å²) in [5.74, 6) is -0.777. The number of carboxylic acids is 1. The fourth-order valence-corrected chi connectivity index (χ4v) is 3.31. The third kappa shape index (κ3) is 4.47. The number of aromatic nitrogens is 3. The van der Waals surface area contributed by atoms with Crippen molar-refractivity contribution < 1.29 is 19.0 Å². The summed E-state index contributed by atoms with van der Waals surface area (Å²) in [5, 5.41) is 12.5. The van der Waals surface area contributed by atoms with E-state index in [4.69, 9.17) is 16.3 Å². The number of hydrogen-bond acceptors (Lipinski definition) is 7. The lowest BCUT2D eigenvalue weighted by Gasteiger charge is -2.29. The second-order valence-electron chi connectivity index (χ2n) is 6.53. The number of hydrogen-bond donors (Lipinski definition) is 2. The predicted molar refractivity (Wildman–Crippen MR) is 110 cm³/mol. The van der Waals surface area contributed by atoms with E-state index < -0.39 is 11.8 Å². The van der Waals surface area contributed by atoms with Crippen LogP contribution in [-0.2, 0) is 4.74 Å². The molecule has 4 rings (SSSR count). The number of aromatic carboxylic acids is 1. The lowest BCUT2D eigenvalue weighted by atomic mass is 10.1. The SMILES string of the molecule is O=C(O)c1cccc(-c2cnc(Nc3cc(F)cc(Cl)c3)nc2N2CCOCC2)n1. The molecule has 0 spiro atoms. The van der Waals surface area contributed by atoms with Crippen LogP contribution in [0.15, 0.2) is 42.6 Å². The zero-order valence-electron chi connectivity index (χ0n) is 15.7. The minimum Gasteiger partial charge on any atom is -0.477 e. The van der Waals surface area contributed by atoms with Gasteiger partial charge in [-0.15, -0.1) is 0 Å². The molecule has 154 valence electrons. The second kappa shape index (κ2) is 8.60. The van der Waals surface area contributed by atoms with Crippen LogP contribution in [0.4, 0.5) is 21.8 Å². The Balaban J connectivity index is 1.74. The van der Waals surface area contributed by atoms with Gasteiger partial charge in [0.1, 0.15) is 17.3 Å². The predicted octanol–water partition coefficient (Wildman–Crippen LogP) is 3.61. The molecular weight excluding hydrogens is 413 g/mol. The number of anilines is 3. The Morgan fingerprint density at radius 2 is 2.00 bits per heavy atom. The van der Waals surface area contributed by atoms with Gasteiger partial charge < -0.3 is 20.1 Å². The molecule has 1 aromatic carbocycles. The molecule has 0 atom stereocenters. The van der Waals surface area contributed by atoms with Gasteiger partial charge in [0.25, 0.3) is 0 Å². The summed E-state index contributed by atoms with van der Waals surface area (Å²) in [6.07, 6.45) is 1.56. The van der Waals surface area contributed by atoms with Crippen molar-refractivity contribution in [2.24, 2.45) is 0 Å². The minimum absolute atomic E-state index is 0.0722. The maximum Gasteiger partial charge on any atom is 0.354 e. The van der Waals surface area contributed by atoms with Crippen molar-refractivity contribution in [3.8, 4) is 11.3 Å². The van der Waals surface area contributed by atoms with Gasteiger partial charge in [0.05, 0.1) is 24.5 Å². The Hall–Kier alpha value is -3.30. The lowest BCUT2D eigenvalue weighted by molar-refractivity contribution is 0.0690. The van der Waals surface area contributed by atoms with Crippen LogP contribution in [0, 0.1) is 5.82 Å². The molecule has 8 nitrogen and oxygen atoms in total. The quantitative estimate of drug-likeness (QED) is 0.634. The highest BCUT2D eigenvalue weighted by atomic mass is 35.5. The molecule has 1 saturated heterocycles. The van der Waals surface area contributed by atoms with Crippen molar-refractivity contribution in [3.05, 3.63) is 59.1 Å². The molecule has 3 aromatic rings. The number of carboxylic acid groups (broad SMARTS) is 1. The molecule has 1 fully saturated rings. The summed E-state index contributed by atoms with van der Waals surface area (Å²) in [6, 6.07) is 8.80. The van der Waals surface area contributed by atoms with E-state index in [0.29, 0.717) is 49.1 Å². The highest BCUT2D eigenvalue weighted by molar-refractivity contribution is 6.30. The fraction of sp³-hybridized carbons (Fsp3) is 0.200. The van der Waals surface area contributed by atoms with E-state index in [1.54, 1.807) is 24.4 Å². The smallest absolute Gasteiger partial charge is 0.354 e. The highest BCUT2D eigenvalue weighted by Gasteiger charge is 2.20. The summed E-state index contributed by atoms with van der Waals surface area (Å²) < 4.78 is 19.1. The molecule has 2 aromatic heterocycles. The van der Waals surface area contributed by atoms with Crippen LogP contribution >= 0.6 is 11.6 Å². The van der Waals surface area contributed by atoms with Crippen molar-refractivity contribution in [1.29, 1.82) is 0 Å². The van der Waals surface area contributed by atoms with E-state index in [1.165, 1.54) is 18.2 Å². The molecule has 0 bridgehead atoms. The number of nitrogens with one attached hydrogen (secondary N) is 1. The highest BCUT2D eigenvalue weighted by Crippen LogP contribution is 2.30. The van der Waals surface area contributed by atoms with E-state index in [1.807, 2.05) is 4.90 Å². The first kappa shape index (κ1) is 20.0. The van der Waals surface area contributed by atoms with Crippen molar-refractivity contribution >= 4 is 35.0 Å². The zero-order chi connectivity index (χ0) is 21.1. The summed E-state index contributed by atoms with van der Waals surface area (Å²) in [7, 11) is 0. The summed E-state index contributed by atoms with van der Waals surface area (Å²) >= 11 is 5.92. The first-order valence-electron chi connectivity index (χ1n) is 9.13. The van der Waals surface area contributed by atoms with Crippen molar-refractivity contribution in [1.82, 2.24) is 15.0 Å². The molecule has 0 aliphatic carbocycles. The molecular formula is C20H17ClFN5O3. The Morgan fingerprint density at radius 3 is 2.73 bits per heavy atom.